The van der Waals surface area contributed by atoms with Gasteiger partial charge in [-0.25, -0.2) is 4.98 Å². The van der Waals surface area contributed by atoms with E-state index in [1.165, 1.54) is 51.7 Å². The van der Waals surface area contributed by atoms with Gasteiger partial charge in [0.1, 0.15) is 0 Å². The second-order valence-corrected chi connectivity index (χ2v) is 10.7. The van der Waals surface area contributed by atoms with Crippen LogP contribution in [0.1, 0.15) is 62.2 Å². The maximum Gasteiger partial charge on any atom is 0.253 e. The molecule has 1 aromatic carbocycles. The van der Waals surface area contributed by atoms with E-state index in [9.17, 15) is 4.79 Å². The first kappa shape index (κ1) is 22.4. The van der Waals surface area contributed by atoms with Crippen LogP contribution < -0.4 is 4.74 Å². The molecule has 5 heteroatoms. The van der Waals surface area contributed by atoms with Crippen molar-refractivity contribution in [1.29, 1.82) is 0 Å². The van der Waals surface area contributed by atoms with E-state index in [4.69, 9.17) is 4.74 Å². The molecule has 3 fully saturated rings. The maximum absolute atomic E-state index is 12.7. The fraction of sp³-hybridized carbons (Fsp3) is 0.571. The van der Waals surface area contributed by atoms with Crippen LogP contribution >= 0.6 is 0 Å². The van der Waals surface area contributed by atoms with E-state index in [1.54, 1.807) is 0 Å². The minimum absolute atomic E-state index is 0.149. The van der Waals surface area contributed by atoms with Crippen LogP contribution in [0.5, 0.6) is 5.88 Å². The molecule has 3 heterocycles. The molecule has 1 aliphatic carbocycles. The molecule has 1 aromatic heterocycles. The van der Waals surface area contributed by atoms with Crippen molar-refractivity contribution in [2.75, 3.05) is 39.3 Å². The summed E-state index contributed by atoms with van der Waals surface area (Å²) in [6, 6.07) is 11.9. The third-order valence-corrected chi connectivity index (χ3v) is 7.73. The number of carbonyl (C=O) groups is 1. The number of rotatable bonds is 7. The summed E-state index contributed by atoms with van der Waals surface area (Å²) >= 11 is 0. The lowest BCUT2D eigenvalue weighted by Crippen LogP contribution is -2.38. The molecular weight excluding hydrogens is 410 g/mol. The van der Waals surface area contributed by atoms with Crippen molar-refractivity contribution in [3.05, 3.63) is 48.2 Å². The van der Waals surface area contributed by atoms with Gasteiger partial charge in [0.25, 0.3) is 5.91 Å². The average molecular weight is 448 g/mol. The van der Waals surface area contributed by atoms with Crippen LogP contribution in [0.2, 0.25) is 0 Å². The Morgan fingerprint density at radius 3 is 2.30 bits per heavy atom. The van der Waals surface area contributed by atoms with Crippen molar-refractivity contribution in [2.24, 2.45) is 11.3 Å². The quantitative estimate of drug-likeness (QED) is 0.580. The lowest BCUT2D eigenvalue weighted by atomic mass is 9.96. The molecule has 0 radical (unpaired) electrons. The highest BCUT2D eigenvalue weighted by atomic mass is 16.5. The number of hydrogen-bond donors (Lipinski definition) is 0. The van der Waals surface area contributed by atoms with Crippen molar-refractivity contribution in [3.63, 3.8) is 0 Å². The Morgan fingerprint density at radius 2 is 1.67 bits per heavy atom. The summed E-state index contributed by atoms with van der Waals surface area (Å²) in [7, 11) is 0. The van der Waals surface area contributed by atoms with Crippen LogP contribution in [0.4, 0.5) is 0 Å². The van der Waals surface area contributed by atoms with Crippen LogP contribution in [-0.2, 0) is 0 Å². The molecule has 0 atom stereocenters. The lowest BCUT2D eigenvalue weighted by Gasteiger charge is -2.33. The first-order valence-corrected chi connectivity index (χ1v) is 12.8. The zero-order valence-electron chi connectivity index (χ0n) is 20.0. The topological polar surface area (TPSA) is 45.7 Å². The smallest absolute Gasteiger partial charge is 0.253 e. The van der Waals surface area contributed by atoms with Crippen molar-refractivity contribution < 1.29 is 9.53 Å². The van der Waals surface area contributed by atoms with E-state index in [-0.39, 0.29) is 5.91 Å². The van der Waals surface area contributed by atoms with Crippen molar-refractivity contribution >= 4 is 5.91 Å². The largest absolute Gasteiger partial charge is 0.477 e. The number of ether oxygens (including phenoxy) is 1. The van der Waals surface area contributed by atoms with Gasteiger partial charge in [-0.3, -0.25) is 4.79 Å². The fourth-order valence-corrected chi connectivity index (χ4v) is 5.15. The molecule has 2 aromatic rings. The van der Waals surface area contributed by atoms with E-state index >= 15 is 0 Å². The fourth-order valence-electron chi connectivity index (χ4n) is 5.15. The molecule has 0 N–H and O–H groups in total. The molecule has 2 aliphatic heterocycles. The van der Waals surface area contributed by atoms with E-state index in [0.717, 1.165) is 49.2 Å². The Kier molecular flexibility index (Phi) is 6.68. The van der Waals surface area contributed by atoms with E-state index in [1.807, 2.05) is 41.4 Å². The van der Waals surface area contributed by atoms with Gasteiger partial charge in [0.2, 0.25) is 5.88 Å². The Morgan fingerprint density at radius 1 is 0.970 bits per heavy atom. The summed E-state index contributed by atoms with van der Waals surface area (Å²) in [6.07, 6.45) is 10.6. The van der Waals surface area contributed by atoms with Crippen LogP contribution in [0.25, 0.3) is 11.1 Å². The van der Waals surface area contributed by atoms with Gasteiger partial charge in [-0.15, -0.1) is 0 Å². The van der Waals surface area contributed by atoms with Gasteiger partial charge in [0.15, 0.2) is 0 Å². The molecule has 5 rings (SSSR count). The van der Waals surface area contributed by atoms with Crippen LogP contribution in [0.3, 0.4) is 0 Å². The Bertz CT molecular complexity index is 923. The standard InChI is InChI=1S/C28H37N3O2/c1-28(13-14-28)21-30-17-11-22(12-18-30)20-33-26-10-9-25(19-29-26)23-5-7-24(8-6-23)27(32)31-15-3-2-4-16-31/h5-10,19,22H,2-4,11-18,20-21H2,1H3. The summed E-state index contributed by atoms with van der Waals surface area (Å²) in [5.41, 5.74) is 3.49. The van der Waals surface area contributed by atoms with Gasteiger partial charge in [-0.05, 0) is 93.1 Å². The SMILES string of the molecule is CC1(CN2CCC(COc3ccc(-c4ccc(C(=O)N5CCCCC5)cc4)cn3)CC2)CC1. The number of pyridine rings is 1. The molecule has 176 valence electrons. The Hall–Kier alpha value is -2.40. The Labute approximate surface area is 198 Å². The van der Waals surface area contributed by atoms with Crippen molar-refractivity contribution in [3.8, 4) is 17.0 Å². The van der Waals surface area contributed by atoms with Gasteiger partial charge in [-0.1, -0.05) is 19.1 Å². The number of piperidine rings is 2. The molecule has 2 saturated heterocycles. The number of carbonyl (C=O) groups excluding carboxylic acids is 1. The first-order chi connectivity index (χ1) is 16.1. The molecule has 0 spiro atoms. The first-order valence-electron chi connectivity index (χ1n) is 12.8. The highest BCUT2D eigenvalue weighted by molar-refractivity contribution is 5.94. The molecule has 5 nitrogen and oxygen atoms in total. The normalized spacial score (nSPS) is 21.1. The average Bonchev–Trinajstić information content (AvgIpc) is 3.60. The lowest BCUT2D eigenvalue weighted by molar-refractivity contribution is 0.0724. The second-order valence-electron chi connectivity index (χ2n) is 10.7. The second kappa shape index (κ2) is 9.84. The molecule has 1 saturated carbocycles. The summed E-state index contributed by atoms with van der Waals surface area (Å²) in [4.78, 5) is 21.8. The van der Waals surface area contributed by atoms with Crippen LogP contribution in [0, 0.1) is 11.3 Å². The number of aromatic nitrogens is 1. The minimum atomic E-state index is 0.149. The molecular formula is C28H37N3O2. The highest BCUT2D eigenvalue weighted by Crippen LogP contribution is 2.45. The molecule has 1 amide bonds. The third-order valence-electron chi connectivity index (χ3n) is 7.73. The number of amides is 1. The van der Waals surface area contributed by atoms with Crippen LogP contribution in [-0.4, -0.2) is 60.0 Å². The van der Waals surface area contributed by atoms with Crippen LogP contribution in [0.15, 0.2) is 42.6 Å². The Balaban J connectivity index is 1.10. The van der Waals surface area contributed by atoms with Gasteiger partial charge in [0.05, 0.1) is 6.61 Å². The highest BCUT2D eigenvalue weighted by Gasteiger charge is 2.39. The van der Waals surface area contributed by atoms with Crippen molar-refractivity contribution in [2.45, 2.75) is 51.9 Å². The number of nitrogens with zero attached hydrogens (tertiary/aromatic N) is 3. The van der Waals surface area contributed by atoms with Gasteiger partial charge < -0.3 is 14.5 Å². The predicted octanol–water partition coefficient (Wildman–Crippen LogP) is 5.27. The van der Waals surface area contributed by atoms with E-state index in [2.05, 4.69) is 22.9 Å². The molecule has 3 aliphatic rings. The number of benzene rings is 1. The zero-order chi connectivity index (χ0) is 22.7. The maximum atomic E-state index is 12.7. The summed E-state index contributed by atoms with van der Waals surface area (Å²) in [5.74, 6) is 1.47. The molecule has 33 heavy (non-hydrogen) atoms. The van der Waals surface area contributed by atoms with E-state index < -0.39 is 0 Å². The summed E-state index contributed by atoms with van der Waals surface area (Å²) in [5, 5.41) is 0. The minimum Gasteiger partial charge on any atom is -0.477 e. The molecule has 0 bridgehead atoms. The van der Waals surface area contributed by atoms with Gasteiger partial charge in [-0.2, -0.15) is 0 Å². The molecule has 0 unspecified atom stereocenters. The summed E-state index contributed by atoms with van der Waals surface area (Å²) in [6.45, 7) is 8.61. The predicted molar refractivity (Wildman–Crippen MR) is 131 cm³/mol. The number of hydrogen-bond acceptors (Lipinski definition) is 4. The number of likely N-dealkylation sites (tertiary alicyclic amines) is 2. The summed E-state index contributed by atoms with van der Waals surface area (Å²) < 4.78 is 6.02. The third kappa shape index (κ3) is 5.75. The van der Waals surface area contributed by atoms with Crippen molar-refractivity contribution in [1.82, 2.24) is 14.8 Å². The van der Waals surface area contributed by atoms with E-state index in [0.29, 0.717) is 17.2 Å². The van der Waals surface area contributed by atoms with Gasteiger partial charge in [0, 0.05) is 43.0 Å². The van der Waals surface area contributed by atoms with Gasteiger partial charge >= 0.3 is 0 Å². The monoisotopic (exact) mass is 447 g/mol. The zero-order valence-corrected chi connectivity index (χ0v) is 20.0.